The van der Waals surface area contributed by atoms with Crippen LogP contribution in [0.25, 0.3) is 0 Å². The molecule has 1 fully saturated rings. The summed E-state index contributed by atoms with van der Waals surface area (Å²) in [4.78, 5) is 16.5. The van der Waals surface area contributed by atoms with Crippen LogP contribution in [0.5, 0.6) is 0 Å². The van der Waals surface area contributed by atoms with Crippen LogP contribution in [0.15, 0.2) is 6.07 Å². The number of carbonyl (C=O) groups is 1. The van der Waals surface area contributed by atoms with E-state index >= 15 is 0 Å². The zero-order valence-corrected chi connectivity index (χ0v) is 12.0. The molecule has 0 unspecified atom stereocenters. The lowest BCUT2D eigenvalue weighted by Gasteiger charge is -2.13. The predicted molar refractivity (Wildman–Crippen MR) is 76.7 cm³/mol. The third-order valence-corrected chi connectivity index (χ3v) is 5.38. The van der Waals surface area contributed by atoms with Crippen molar-refractivity contribution in [3.05, 3.63) is 21.4 Å². The van der Waals surface area contributed by atoms with Crippen LogP contribution in [-0.4, -0.2) is 35.1 Å². The maximum atomic E-state index is 12.4. The van der Waals surface area contributed by atoms with E-state index < -0.39 is 0 Å². The number of aliphatic hydroxyl groups excluding tert-OH is 1. The summed E-state index contributed by atoms with van der Waals surface area (Å²) in [6.45, 7) is 1.20. The van der Waals surface area contributed by atoms with Crippen LogP contribution in [0.3, 0.4) is 0 Å². The Morgan fingerprint density at radius 3 is 2.79 bits per heavy atom. The fraction of sp³-hybridized carbons (Fsp3) is 0.667. The number of hydrogen-bond donors (Lipinski definition) is 1. The van der Waals surface area contributed by atoms with Gasteiger partial charge in [-0.15, -0.1) is 11.3 Å². The molecule has 1 aliphatic heterocycles. The Morgan fingerprint density at radius 1 is 1.26 bits per heavy atom. The molecule has 3 rings (SSSR count). The van der Waals surface area contributed by atoms with Crippen molar-refractivity contribution in [3.8, 4) is 0 Å². The molecule has 0 spiro atoms. The van der Waals surface area contributed by atoms with Crippen LogP contribution >= 0.6 is 11.3 Å². The van der Waals surface area contributed by atoms with Gasteiger partial charge in [0, 0.05) is 18.0 Å². The molecule has 2 aliphatic rings. The minimum Gasteiger partial charge on any atom is -0.391 e. The highest BCUT2D eigenvalue weighted by molar-refractivity contribution is 7.14. The highest BCUT2D eigenvalue weighted by atomic mass is 32.1. The van der Waals surface area contributed by atoms with Crippen molar-refractivity contribution >= 4 is 17.2 Å². The summed E-state index contributed by atoms with van der Waals surface area (Å²) < 4.78 is 0. The molecule has 0 bridgehead atoms. The summed E-state index contributed by atoms with van der Waals surface area (Å²) in [5.41, 5.74) is 1.40. The van der Waals surface area contributed by atoms with E-state index in [1.165, 1.54) is 36.1 Å². The standard InChI is InChI=1S/C15H21NO2S/c17-12-7-8-16(10-12)15(18)14-9-11-5-3-1-2-4-6-13(11)19-14/h9,12,17H,1-8,10H2/t12-/m0/s1. The summed E-state index contributed by atoms with van der Waals surface area (Å²) >= 11 is 1.68. The third-order valence-electron chi connectivity index (χ3n) is 4.16. The van der Waals surface area contributed by atoms with E-state index in [2.05, 4.69) is 6.07 Å². The molecule has 1 aromatic heterocycles. The Balaban J connectivity index is 1.77. The summed E-state index contributed by atoms with van der Waals surface area (Å²) in [6, 6.07) is 2.11. The van der Waals surface area contributed by atoms with Crippen LogP contribution in [0, 0.1) is 0 Å². The lowest BCUT2D eigenvalue weighted by Crippen LogP contribution is -2.28. The van der Waals surface area contributed by atoms with Gasteiger partial charge in [0.2, 0.25) is 0 Å². The number of thiophene rings is 1. The Hall–Kier alpha value is -0.870. The van der Waals surface area contributed by atoms with Gasteiger partial charge < -0.3 is 10.0 Å². The number of hydrogen-bond acceptors (Lipinski definition) is 3. The summed E-state index contributed by atoms with van der Waals surface area (Å²) in [7, 11) is 0. The summed E-state index contributed by atoms with van der Waals surface area (Å²) in [5, 5.41) is 9.54. The second-order valence-corrected chi connectivity index (χ2v) is 6.80. The highest BCUT2D eigenvalue weighted by Gasteiger charge is 2.27. The van der Waals surface area contributed by atoms with Crippen LogP contribution in [-0.2, 0) is 12.8 Å². The van der Waals surface area contributed by atoms with Crippen LogP contribution in [0.2, 0.25) is 0 Å². The van der Waals surface area contributed by atoms with Crippen molar-refractivity contribution in [2.75, 3.05) is 13.1 Å². The zero-order chi connectivity index (χ0) is 13.2. The van der Waals surface area contributed by atoms with Gasteiger partial charge in [-0.25, -0.2) is 0 Å². The summed E-state index contributed by atoms with van der Waals surface area (Å²) in [6.07, 6.45) is 7.79. The molecular weight excluding hydrogens is 258 g/mol. The van der Waals surface area contributed by atoms with Crippen LogP contribution in [0.1, 0.15) is 52.2 Å². The first-order valence-corrected chi connectivity index (χ1v) is 8.14. The van der Waals surface area contributed by atoms with Crippen molar-refractivity contribution in [3.63, 3.8) is 0 Å². The average molecular weight is 279 g/mol. The number of β-amino-alcohol motifs (C(OH)–C–C–N with tert-alkyl or cyclic N) is 1. The number of fused-ring (bicyclic) bond motifs is 1. The van der Waals surface area contributed by atoms with E-state index in [1.54, 1.807) is 16.2 Å². The van der Waals surface area contributed by atoms with Crippen molar-refractivity contribution in [1.29, 1.82) is 0 Å². The van der Waals surface area contributed by atoms with Crippen molar-refractivity contribution in [2.24, 2.45) is 0 Å². The molecule has 1 N–H and O–H groups in total. The van der Waals surface area contributed by atoms with E-state index in [-0.39, 0.29) is 12.0 Å². The summed E-state index contributed by atoms with van der Waals surface area (Å²) in [5.74, 6) is 0.119. The van der Waals surface area contributed by atoms with Gasteiger partial charge in [-0.2, -0.15) is 0 Å². The monoisotopic (exact) mass is 279 g/mol. The van der Waals surface area contributed by atoms with E-state index in [0.29, 0.717) is 13.1 Å². The second kappa shape index (κ2) is 5.63. The van der Waals surface area contributed by atoms with Gasteiger partial charge in [0.05, 0.1) is 11.0 Å². The van der Waals surface area contributed by atoms with Gasteiger partial charge >= 0.3 is 0 Å². The van der Waals surface area contributed by atoms with Gasteiger partial charge in [0.25, 0.3) is 5.91 Å². The normalized spacial score (nSPS) is 23.8. The highest BCUT2D eigenvalue weighted by Crippen LogP contribution is 2.29. The van der Waals surface area contributed by atoms with Gasteiger partial charge in [-0.3, -0.25) is 4.79 Å². The first kappa shape index (κ1) is 13.1. The lowest BCUT2D eigenvalue weighted by molar-refractivity contribution is 0.0769. The Bertz CT molecular complexity index is 443. The number of amides is 1. The molecule has 3 nitrogen and oxygen atoms in total. The molecule has 0 radical (unpaired) electrons. The SMILES string of the molecule is O=C(c1cc2c(s1)CCCCCC2)N1CC[C@H](O)C1. The Morgan fingerprint density at radius 2 is 2.05 bits per heavy atom. The van der Waals surface area contributed by atoms with Crippen molar-refractivity contribution < 1.29 is 9.90 Å². The molecule has 1 saturated heterocycles. The van der Waals surface area contributed by atoms with Gasteiger partial charge in [-0.05, 0) is 43.7 Å². The molecule has 19 heavy (non-hydrogen) atoms. The second-order valence-electron chi connectivity index (χ2n) is 5.67. The van der Waals surface area contributed by atoms with Crippen LogP contribution in [0.4, 0.5) is 0 Å². The van der Waals surface area contributed by atoms with Gasteiger partial charge in [-0.1, -0.05) is 12.8 Å². The van der Waals surface area contributed by atoms with Gasteiger partial charge in [0.1, 0.15) is 0 Å². The smallest absolute Gasteiger partial charge is 0.264 e. The lowest BCUT2D eigenvalue weighted by atomic mass is 10.00. The minimum atomic E-state index is -0.329. The molecule has 1 aromatic rings. The number of likely N-dealkylation sites (tertiary alicyclic amines) is 1. The molecule has 1 amide bonds. The molecule has 0 saturated carbocycles. The Labute approximate surface area is 118 Å². The van der Waals surface area contributed by atoms with Crippen LogP contribution < -0.4 is 0 Å². The fourth-order valence-corrected chi connectivity index (χ4v) is 4.25. The fourth-order valence-electron chi connectivity index (χ4n) is 3.03. The third kappa shape index (κ3) is 2.84. The number of nitrogens with zero attached hydrogens (tertiary/aromatic N) is 1. The maximum absolute atomic E-state index is 12.4. The van der Waals surface area contributed by atoms with E-state index in [0.717, 1.165) is 24.1 Å². The molecule has 1 aliphatic carbocycles. The van der Waals surface area contributed by atoms with Crippen molar-refractivity contribution in [2.45, 2.75) is 51.0 Å². The molecular formula is C15H21NO2S. The largest absolute Gasteiger partial charge is 0.391 e. The minimum absolute atomic E-state index is 0.119. The van der Waals surface area contributed by atoms with Crippen molar-refractivity contribution in [1.82, 2.24) is 4.90 Å². The number of aryl methyl sites for hydroxylation is 2. The number of aliphatic hydroxyl groups is 1. The average Bonchev–Trinajstić information content (AvgIpc) is 2.95. The molecule has 1 atom stereocenters. The molecule has 4 heteroatoms. The molecule has 104 valence electrons. The maximum Gasteiger partial charge on any atom is 0.264 e. The number of carbonyl (C=O) groups excluding carboxylic acids is 1. The van der Waals surface area contributed by atoms with E-state index in [9.17, 15) is 9.90 Å². The quantitative estimate of drug-likeness (QED) is 0.858. The van der Waals surface area contributed by atoms with Gasteiger partial charge in [0.15, 0.2) is 0 Å². The molecule has 0 aromatic carbocycles. The first-order valence-electron chi connectivity index (χ1n) is 7.33. The number of rotatable bonds is 1. The Kier molecular flexibility index (Phi) is 3.89. The first-order chi connectivity index (χ1) is 9.24. The topological polar surface area (TPSA) is 40.5 Å². The van der Waals surface area contributed by atoms with E-state index in [4.69, 9.17) is 0 Å². The predicted octanol–water partition coefficient (Wildman–Crippen LogP) is 2.61. The van der Waals surface area contributed by atoms with E-state index in [1.807, 2.05) is 0 Å². The molecule has 2 heterocycles. The zero-order valence-electron chi connectivity index (χ0n) is 11.2.